The highest BCUT2D eigenvalue weighted by molar-refractivity contribution is 8.00. The molecule has 0 aromatic rings. The molecule has 0 amide bonds. The lowest BCUT2D eigenvalue weighted by atomic mass is 10.2. The molecule has 0 fully saturated rings. The minimum atomic E-state index is -0.899. The number of thiol groups is 2. The molecular weight excluding hydrogens is 156 g/mol. The molecule has 4 heteroatoms. The standard InChI is InChI=1S/C5H9O2S2/c1-2-5(8,9)3-4(6)7/h8-9H,1-3H2,(H,6,7). The van der Waals surface area contributed by atoms with Crippen molar-refractivity contribution in [1.29, 1.82) is 0 Å². The maximum atomic E-state index is 10.0. The average Bonchev–Trinajstić information content (AvgIpc) is 1.63. The van der Waals surface area contributed by atoms with Crippen molar-refractivity contribution in [2.75, 3.05) is 0 Å². The topological polar surface area (TPSA) is 37.3 Å². The van der Waals surface area contributed by atoms with Crippen molar-refractivity contribution in [2.45, 2.75) is 16.9 Å². The molecule has 0 saturated heterocycles. The van der Waals surface area contributed by atoms with Crippen LogP contribution in [0, 0.1) is 6.92 Å². The van der Waals surface area contributed by atoms with Crippen LogP contribution >= 0.6 is 25.3 Å². The third-order valence-electron chi connectivity index (χ3n) is 0.835. The van der Waals surface area contributed by atoms with E-state index in [2.05, 4.69) is 32.2 Å². The Labute approximate surface area is 65.5 Å². The van der Waals surface area contributed by atoms with Crippen LogP contribution in [0.3, 0.4) is 0 Å². The van der Waals surface area contributed by atoms with Gasteiger partial charge in [0.2, 0.25) is 0 Å². The van der Waals surface area contributed by atoms with Crippen LogP contribution in [0.1, 0.15) is 12.8 Å². The van der Waals surface area contributed by atoms with E-state index in [0.717, 1.165) is 0 Å². The maximum absolute atomic E-state index is 10.0. The Kier molecular flexibility index (Phi) is 3.43. The van der Waals surface area contributed by atoms with Crippen molar-refractivity contribution in [3.8, 4) is 0 Å². The molecule has 0 rings (SSSR count). The third-order valence-corrected chi connectivity index (χ3v) is 1.60. The van der Waals surface area contributed by atoms with Crippen molar-refractivity contribution in [1.82, 2.24) is 0 Å². The van der Waals surface area contributed by atoms with Gasteiger partial charge >= 0.3 is 5.97 Å². The summed E-state index contributed by atoms with van der Waals surface area (Å²) in [6.07, 6.45) is 0.328. The molecule has 0 atom stereocenters. The van der Waals surface area contributed by atoms with E-state index in [0.29, 0.717) is 6.42 Å². The average molecular weight is 165 g/mol. The van der Waals surface area contributed by atoms with E-state index in [1.807, 2.05) is 0 Å². The third kappa shape index (κ3) is 4.66. The van der Waals surface area contributed by atoms with Gasteiger partial charge in [0.05, 0.1) is 10.5 Å². The zero-order valence-corrected chi connectivity index (χ0v) is 6.66. The Morgan fingerprint density at radius 2 is 2.11 bits per heavy atom. The summed E-state index contributed by atoms with van der Waals surface area (Å²) >= 11 is 7.89. The number of carboxylic acids is 1. The molecule has 0 heterocycles. The van der Waals surface area contributed by atoms with E-state index in [1.54, 1.807) is 0 Å². The molecular formula is C5H9O2S2. The Bertz CT molecular complexity index is 112. The van der Waals surface area contributed by atoms with Gasteiger partial charge in [-0.2, -0.15) is 25.3 Å². The highest BCUT2D eigenvalue weighted by Gasteiger charge is 2.20. The fraction of sp³-hybridized carbons (Fsp3) is 0.600. The SMILES string of the molecule is [CH2]CC(S)(S)CC(=O)O. The van der Waals surface area contributed by atoms with Gasteiger partial charge in [-0.15, -0.1) is 0 Å². The van der Waals surface area contributed by atoms with Gasteiger partial charge in [-0.25, -0.2) is 0 Å². The smallest absolute Gasteiger partial charge is 0.305 e. The minimum Gasteiger partial charge on any atom is -0.481 e. The molecule has 2 nitrogen and oxygen atoms in total. The van der Waals surface area contributed by atoms with Crippen molar-refractivity contribution < 1.29 is 9.90 Å². The first kappa shape index (κ1) is 9.17. The number of hydrogen-bond donors (Lipinski definition) is 3. The lowest BCUT2D eigenvalue weighted by Crippen LogP contribution is -2.16. The number of carbonyl (C=O) groups is 1. The van der Waals surface area contributed by atoms with Crippen LogP contribution in [0.5, 0.6) is 0 Å². The molecule has 0 aliphatic heterocycles. The molecule has 0 bridgehead atoms. The molecule has 1 radical (unpaired) electrons. The lowest BCUT2D eigenvalue weighted by Gasteiger charge is -2.16. The number of rotatable bonds is 3. The normalized spacial score (nSPS) is 11.4. The van der Waals surface area contributed by atoms with E-state index < -0.39 is 10.0 Å². The molecule has 0 saturated carbocycles. The fourth-order valence-electron chi connectivity index (χ4n) is 0.331. The highest BCUT2D eigenvalue weighted by atomic mass is 32.2. The highest BCUT2D eigenvalue weighted by Crippen LogP contribution is 2.27. The van der Waals surface area contributed by atoms with E-state index >= 15 is 0 Å². The first-order valence-electron chi connectivity index (χ1n) is 2.44. The maximum Gasteiger partial charge on any atom is 0.305 e. The van der Waals surface area contributed by atoms with Gasteiger partial charge in [-0.3, -0.25) is 4.79 Å². The summed E-state index contributed by atoms with van der Waals surface area (Å²) in [4.78, 5) is 10.0. The van der Waals surface area contributed by atoms with Gasteiger partial charge in [-0.05, 0) is 6.42 Å². The van der Waals surface area contributed by atoms with Gasteiger partial charge in [0, 0.05) is 0 Å². The van der Waals surface area contributed by atoms with Crippen LogP contribution in [-0.4, -0.2) is 15.2 Å². The predicted molar refractivity (Wildman–Crippen MR) is 42.9 cm³/mol. The Morgan fingerprint density at radius 1 is 1.67 bits per heavy atom. The second kappa shape index (κ2) is 3.37. The Hall–Kier alpha value is 0.170. The summed E-state index contributed by atoms with van der Waals surface area (Å²) in [5.41, 5.74) is 0. The summed E-state index contributed by atoms with van der Waals surface area (Å²) < 4.78 is -0.758. The molecule has 0 aromatic carbocycles. The first-order valence-corrected chi connectivity index (χ1v) is 3.33. The second-order valence-electron chi connectivity index (χ2n) is 1.80. The van der Waals surface area contributed by atoms with Gasteiger partial charge < -0.3 is 5.11 Å². The van der Waals surface area contributed by atoms with Crippen LogP contribution in [0.25, 0.3) is 0 Å². The van der Waals surface area contributed by atoms with Crippen molar-refractivity contribution >= 4 is 31.2 Å². The van der Waals surface area contributed by atoms with Crippen molar-refractivity contribution in [3.63, 3.8) is 0 Å². The zero-order chi connectivity index (χ0) is 7.49. The van der Waals surface area contributed by atoms with Gasteiger partial charge in [0.15, 0.2) is 0 Å². The van der Waals surface area contributed by atoms with Crippen LogP contribution in [-0.2, 0) is 4.79 Å². The Morgan fingerprint density at radius 3 is 2.22 bits per heavy atom. The molecule has 0 aliphatic carbocycles. The van der Waals surface area contributed by atoms with E-state index in [4.69, 9.17) is 5.11 Å². The van der Waals surface area contributed by atoms with Gasteiger partial charge in [-0.1, -0.05) is 6.92 Å². The predicted octanol–water partition coefficient (Wildman–Crippen LogP) is 1.24. The van der Waals surface area contributed by atoms with Gasteiger partial charge in [0.1, 0.15) is 0 Å². The van der Waals surface area contributed by atoms with Crippen molar-refractivity contribution in [3.05, 3.63) is 6.92 Å². The summed E-state index contributed by atoms with van der Waals surface area (Å²) in [7, 11) is 0. The van der Waals surface area contributed by atoms with Crippen molar-refractivity contribution in [2.24, 2.45) is 0 Å². The van der Waals surface area contributed by atoms with Crippen LogP contribution in [0.15, 0.2) is 0 Å². The zero-order valence-electron chi connectivity index (χ0n) is 4.87. The molecule has 0 unspecified atom stereocenters. The lowest BCUT2D eigenvalue weighted by molar-refractivity contribution is -0.137. The first-order chi connectivity index (χ1) is 3.98. The largest absolute Gasteiger partial charge is 0.481 e. The molecule has 1 N–H and O–H groups in total. The second-order valence-corrected chi connectivity index (χ2v) is 3.87. The molecule has 9 heavy (non-hydrogen) atoms. The van der Waals surface area contributed by atoms with Gasteiger partial charge in [0.25, 0.3) is 0 Å². The number of carboxylic acid groups (broad SMARTS) is 1. The van der Waals surface area contributed by atoms with Crippen LogP contribution in [0.2, 0.25) is 0 Å². The van der Waals surface area contributed by atoms with Crippen LogP contribution in [0.4, 0.5) is 0 Å². The Balaban J connectivity index is 3.71. The number of aliphatic carboxylic acids is 1. The number of hydrogen-bond acceptors (Lipinski definition) is 3. The summed E-state index contributed by atoms with van der Waals surface area (Å²) in [5.74, 6) is -0.899. The molecule has 0 aromatic heterocycles. The fourth-order valence-corrected chi connectivity index (χ4v) is 0.601. The summed E-state index contributed by atoms with van der Waals surface area (Å²) in [5, 5.41) is 8.25. The van der Waals surface area contributed by atoms with E-state index in [1.165, 1.54) is 0 Å². The van der Waals surface area contributed by atoms with E-state index in [9.17, 15) is 4.79 Å². The monoisotopic (exact) mass is 165 g/mol. The van der Waals surface area contributed by atoms with Crippen LogP contribution < -0.4 is 0 Å². The summed E-state index contributed by atoms with van der Waals surface area (Å²) in [6.45, 7) is 3.49. The molecule has 0 aliphatic rings. The minimum absolute atomic E-state index is 0.0667. The van der Waals surface area contributed by atoms with E-state index in [-0.39, 0.29) is 6.42 Å². The molecule has 53 valence electrons. The quantitative estimate of drug-likeness (QED) is 0.435. The summed E-state index contributed by atoms with van der Waals surface area (Å²) in [6, 6.07) is 0. The molecule has 0 spiro atoms.